The number of sulfonamides is 1. The maximum atomic E-state index is 14.7. The van der Waals surface area contributed by atoms with Crippen LogP contribution in [-0.2, 0) is 21.9 Å². The van der Waals surface area contributed by atoms with Gasteiger partial charge in [-0.15, -0.1) is 15.9 Å². The maximum Gasteiger partial charge on any atom is 0.460 e. The van der Waals surface area contributed by atoms with E-state index in [-0.39, 0.29) is 18.5 Å². The molecule has 0 fully saturated rings. The molecule has 16 heteroatoms. The number of alkyl halides is 12. The minimum Gasteiger partial charge on any atom is -0.205 e. The van der Waals surface area contributed by atoms with E-state index in [4.69, 9.17) is 11.6 Å². The monoisotopic (exact) mass is 563 g/mol. The minimum atomic E-state index is -7.64. The van der Waals surface area contributed by atoms with Crippen LogP contribution in [0.3, 0.4) is 0 Å². The van der Waals surface area contributed by atoms with E-state index >= 15 is 0 Å². The molecule has 0 atom stereocenters. The average Bonchev–Trinajstić information content (AvgIpc) is 2.77. The van der Waals surface area contributed by atoms with Gasteiger partial charge in [-0.25, -0.2) is 8.42 Å². The average molecular weight is 564 g/mol. The molecule has 0 spiro atoms. The van der Waals surface area contributed by atoms with Gasteiger partial charge in [-0.05, 0) is 16.7 Å². The van der Waals surface area contributed by atoms with Gasteiger partial charge in [0.2, 0.25) is 0 Å². The summed E-state index contributed by atoms with van der Waals surface area (Å²) in [5.74, 6) is -15.0. The number of halogens is 12. The number of benzene rings is 2. The van der Waals surface area contributed by atoms with Crippen molar-refractivity contribution < 1.29 is 56.7 Å². The Hall–Kier alpha value is -2.13. The molecule has 2 aromatic carbocycles. The van der Waals surface area contributed by atoms with Crippen molar-refractivity contribution in [2.75, 3.05) is 7.05 Å². The fraction of sp³-hybridized carbons (Fsp3) is 0.368. The lowest BCUT2D eigenvalue weighted by Gasteiger charge is -2.36. The molecule has 0 aliphatic rings. The lowest BCUT2D eigenvalue weighted by atomic mass is 10.0. The Balaban J connectivity index is 2.45. The standard InChI is InChI=1S/C19H13ClF11NO2S/c1-32(35(33,34)19(30,31)17(25,26)16(23,24)18(27,28)29)15(21,22)14-8-6-13(7-9-14)12-4-2-11(10-20)3-5-12/h2-9H,10H2,1H3. The van der Waals surface area contributed by atoms with Gasteiger partial charge in [-0.3, -0.25) is 0 Å². The second-order valence-electron chi connectivity index (χ2n) is 7.09. The van der Waals surface area contributed by atoms with Gasteiger partial charge in [-0.1, -0.05) is 48.5 Å². The van der Waals surface area contributed by atoms with Gasteiger partial charge < -0.3 is 0 Å². The number of rotatable bonds is 8. The van der Waals surface area contributed by atoms with Crippen molar-refractivity contribution in [3.05, 3.63) is 59.7 Å². The first-order valence-corrected chi connectivity index (χ1v) is 11.0. The molecule has 0 unspecified atom stereocenters. The zero-order chi connectivity index (χ0) is 27.3. The van der Waals surface area contributed by atoms with Crippen molar-refractivity contribution in [1.82, 2.24) is 4.31 Å². The van der Waals surface area contributed by atoms with E-state index in [1.165, 1.54) is 12.1 Å². The molecule has 2 rings (SSSR count). The summed E-state index contributed by atoms with van der Waals surface area (Å²) in [4.78, 5) is 0. The Kier molecular flexibility index (Phi) is 7.54. The van der Waals surface area contributed by atoms with Crippen LogP contribution in [0.1, 0.15) is 11.1 Å². The molecule has 0 aliphatic heterocycles. The Morgan fingerprint density at radius 1 is 0.714 bits per heavy atom. The predicted molar refractivity (Wildman–Crippen MR) is 103 cm³/mol. The van der Waals surface area contributed by atoms with Crippen molar-refractivity contribution in [3.8, 4) is 11.1 Å². The number of hydrogen-bond acceptors (Lipinski definition) is 2. The van der Waals surface area contributed by atoms with Crippen LogP contribution in [0.15, 0.2) is 48.5 Å². The van der Waals surface area contributed by atoms with Crippen molar-refractivity contribution in [3.63, 3.8) is 0 Å². The van der Waals surface area contributed by atoms with Crippen LogP contribution in [0.2, 0.25) is 0 Å². The fourth-order valence-corrected chi connectivity index (χ4v) is 4.06. The first-order valence-electron chi connectivity index (χ1n) is 8.98. The summed E-state index contributed by atoms with van der Waals surface area (Å²) in [5, 5.41) is -7.29. The second-order valence-corrected chi connectivity index (χ2v) is 9.36. The van der Waals surface area contributed by atoms with Gasteiger partial charge in [0.25, 0.3) is 10.0 Å². The largest absolute Gasteiger partial charge is 0.460 e. The SMILES string of the molecule is CN(C(F)(F)c1ccc(-c2ccc(CCl)cc2)cc1)S(=O)(=O)C(F)(F)C(F)(F)C(F)(F)C(F)(F)F. The molecule has 3 nitrogen and oxygen atoms in total. The van der Waals surface area contributed by atoms with Crippen molar-refractivity contribution in [2.45, 2.75) is 35.2 Å². The third-order valence-electron chi connectivity index (χ3n) is 4.87. The third kappa shape index (κ3) is 4.69. The van der Waals surface area contributed by atoms with E-state index in [9.17, 15) is 56.7 Å². The van der Waals surface area contributed by atoms with Crippen molar-refractivity contribution in [2.24, 2.45) is 0 Å². The summed E-state index contributed by atoms with van der Waals surface area (Å²) in [5.41, 5.74) is 0.0544. The zero-order valence-electron chi connectivity index (χ0n) is 17.0. The Morgan fingerprint density at radius 2 is 1.11 bits per heavy atom. The number of hydrogen-bond donors (Lipinski definition) is 0. The molecule has 0 aliphatic carbocycles. The maximum absolute atomic E-state index is 14.7. The van der Waals surface area contributed by atoms with E-state index in [0.717, 1.165) is 12.1 Å². The van der Waals surface area contributed by atoms with Crippen LogP contribution in [0, 0.1) is 0 Å². The summed E-state index contributed by atoms with van der Waals surface area (Å²) in [6, 6.07) is 4.18. The fourth-order valence-electron chi connectivity index (χ4n) is 2.68. The van der Waals surface area contributed by atoms with Crippen molar-refractivity contribution >= 4 is 21.6 Å². The minimum absolute atomic E-state index is 0.171. The van der Waals surface area contributed by atoms with Crippen LogP contribution in [0.25, 0.3) is 11.1 Å². The highest BCUT2D eigenvalue weighted by molar-refractivity contribution is 7.90. The van der Waals surface area contributed by atoms with E-state index in [1.807, 2.05) is 0 Å². The molecule has 0 N–H and O–H groups in total. The van der Waals surface area contributed by atoms with E-state index in [1.54, 1.807) is 12.1 Å². The second kappa shape index (κ2) is 9.07. The van der Waals surface area contributed by atoms with Gasteiger partial charge in [0.15, 0.2) is 0 Å². The lowest BCUT2D eigenvalue weighted by Crippen LogP contribution is -2.65. The van der Waals surface area contributed by atoms with Crippen molar-refractivity contribution in [1.29, 1.82) is 0 Å². The molecule has 2 aromatic rings. The molecule has 0 radical (unpaired) electrons. The predicted octanol–water partition coefficient (Wildman–Crippen LogP) is 6.83. The summed E-state index contributed by atoms with van der Waals surface area (Å²) in [6.07, 6.45) is -7.33. The topological polar surface area (TPSA) is 37.4 Å². The molecule has 0 bridgehead atoms. The van der Waals surface area contributed by atoms with Crippen LogP contribution in [-0.4, -0.2) is 43.0 Å². The zero-order valence-corrected chi connectivity index (χ0v) is 18.6. The van der Waals surface area contributed by atoms with Crippen LogP contribution in [0.5, 0.6) is 0 Å². The van der Waals surface area contributed by atoms with E-state index < -0.39 is 49.2 Å². The number of nitrogens with zero attached hydrogens (tertiary/aromatic N) is 1. The summed E-state index contributed by atoms with van der Waals surface area (Å²) in [6.45, 7) is 0. The first-order chi connectivity index (χ1) is 15.7. The highest BCUT2D eigenvalue weighted by atomic mass is 35.5. The highest BCUT2D eigenvalue weighted by Gasteiger charge is 2.86. The summed E-state index contributed by atoms with van der Waals surface area (Å²) < 4.78 is 169. The normalized spacial score (nSPS) is 14.5. The lowest BCUT2D eigenvalue weighted by molar-refractivity contribution is -0.382. The molecule has 0 saturated heterocycles. The van der Waals surface area contributed by atoms with Gasteiger partial charge in [0.1, 0.15) is 0 Å². The molecule has 196 valence electrons. The van der Waals surface area contributed by atoms with E-state index in [2.05, 4.69) is 0 Å². The molecule has 0 amide bonds. The third-order valence-corrected chi connectivity index (χ3v) is 7.03. The molecular formula is C19H13ClF11NO2S. The Bertz CT molecular complexity index is 1150. The Labute approximate surface area is 196 Å². The smallest absolute Gasteiger partial charge is 0.205 e. The summed E-state index contributed by atoms with van der Waals surface area (Å²) >= 11 is 5.64. The molecule has 35 heavy (non-hydrogen) atoms. The van der Waals surface area contributed by atoms with Gasteiger partial charge >= 0.3 is 29.3 Å². The molecular weight excluding hydrogens is 551 g/mol. The van der Waals surface area contributed by atoms with Gasteiger partial charge in [0.05, 0.1) is 0 Å². The molecule has 0 aromatic heterocycles. The molecule has 0 saturated carbocycles. The first kappa shape index (κ1) is 29.1. The summed E-state index contributed by atoms with van der Waals surface area (Å²) in [7, 11) is -7.88. The van der Waals surface area contributed by atoms with Gasteiger partial charge in [0, 0.05) is 18.5 Å². The van der Waals surface area contributed by atoms with E-state index in [0.29, 0.717) is 23.3 Å². The van der Waals surface area contributed by atoms with Crippen LogP contribution >= 0.6 is 11.6 Å². The highest BCUT2D eigenvalue weighted by Crippen LogP contribution is 2.56. The molecule has 0 heterocycles. The Morgan fingerprint density at radius 3 is 1.49 bits per heavy atom. The van der Waals surface area contributed by atoms with Crippen LogP contribution < -0.4 is 0 Å². The van der Waals surface area contributed by atoms with Gasteiger partial charge in [-0.2, -0.15) is 48.3 Å². The van der Waals surface area contributed by atoms with Crippen LogP contribution in [0.4, 0.5) is 48.3 Å². The quantitative estimate of drug-likeness (QED) is 0.201.